The van der Waals surface area contributed by atoms with Gasteiger partial charge in [0.25, 0.3) is 0 Å². The van der Waals surface area contributed by atoms with Crippen LogP contribution < -0.4 is 56.8 Å². The van der Waals surface area contributed by atoms with E-state index in [4.69, 9.17) is 0 Å². The average molecular weight is 230 g/mol. The molecule has 0 aromatic heterocycles. The standard InChI is InChI=1S/C8H8BF4.K/c1-2-6-4-3-5-7(8(6)10)9(11,12)13;/h3-5H,2H2,1H3;/q-1;+1. The molecule has 0 radical (unpaired) electrons. The van der Waals surface area contributed by atoms with Crippen LogP contribution >= 0.6 is 0 Å². The summed E-state index contributed by atoms with van der Waals surface area (Å²) in [6.45, 7) is -3.61. The Morgan fingerprint density at radius 2 is 1.79 bits per heavy atom. The molecule has 0 nitrogen and oxygen atoms in total. The summed E-state index contributed by atoms with van der Waals surface area (Å²) >= 11 is 0. The fourth-order valence-corrected chi connectivity index (χ4v) is 1.13. The molecule has 6 heteroatoms. The molecule has 0 aliphatic heterocycles. The third-order valence-corrected chi connectivity index (χ3v) is 1.84. The molecule has 0 N–H and O–H groups in total. The molecule has 0 saturated carbocycles. The zero-order valence-electron chi connectivity index (χ0n) is 8.03. The third-order valence-electron chi connectivity index (χ3n) is 1.84. The first-order valence-electron chi connectivity index (χ1n) is 3.94. The Bertz CT molecular complexity index is 311. The van der Waals surface area contributed by atoms with E-state index >= 15 is 0 Å². The van der Waals surface area contributed by atoms with E-state index in [-0.39, 0.29) is 63.4 Å². The molecule has 0 aliphatic carbocycles. The zero-order chi connectivity index (χ0) is 10.1. The quantitative estimate of drug-likeness (QED) is 0.472. The maximum atomic E-state index is 13.1. The summed E-state index contributed by atoms with van der Waals surface area (Å²) in [6, 6.07) is 3.36. The first-order valence-corrected chi connectivity index (χ1v) is 3.94. The normalized spacial score (nSPS) is 10.9. The van der Waals surface area contributed by atoms with Gasteiger partial charge in [-0.05, 0) is 12.0 Å². The van der Waals surface area contributed by atoms with Gasteiger partial charge in [-0.3, -0.25) is 0 Å². The van der Waals surface area contributed by atoms with Crippen molar-refractivity contribution >= 4 is 12.4 Å². The largest absolute Gasteiger partial charge is 1.00 e. The second kappa shape index (κ2) is 5.65. The van der Waals surface area contributed by atoms with Crippen molar-refractivity contribution in [3.8, 4) is 0 Å². The molecular weight excluding hydrogens is 222 g/mol. The van der Waals surface area contributed by atoms with Gasteiger partial charge in [-0.15, -0.1) is 0 Å². The van der Waals surface area contributed by atoms with Crippen LogP contribution in [0.25, 0.3) is 0 Å². The van der Waals surface area contributed by atoms with Gasteiger partial charge < -0.3 is 12.9 Å². The molecular formula is C8H8BF4K. The molecule has 0 fully saturated rings. The third kappa shape index (κ3) is 3.34. The van der Waals surface area contributed by atoms with E-state index in [1.165, 1.54) is 12.1 Å². The van der Waals surface area contributed by atoms with Crippen LogP contribution in [-0.2, 0) is 6.42 Å². The van der Waals surface area contributed by atoms with Crippen molar-refractivity contribution in [2.45, 2.75) is 13.3 Å². The van der Waals surface area contributed by atoms with Crippen LogP contribution in [0.15, 0.2) is 18.2 Å². The molecule has 0 unspecified atom stereocenters. The van der Waals surface area contributed by atoms with Crippen LogP contribution in [0.1, 0.15) is 12.5 Å². The van der Waals surface area contributed by atoms with Gasteiger partial charge in [0.1, 0.15) is 0 Å². The summed E-state index contributed by atoms with van der Waals surface area (Å²) in [5.74, 6) is -1.13. The van der Waals surface area contributed by atoms with E-state index in [0.717, 1.165) is 6.07 Å². The van der Waals surface area contributed by atoms with E-state index in [9.17, 15) is 17.3 Å². The summed E-state index contributed by atoms with van der Waals surface area (Å²) in [6.07, 6.45) is 0.270. The molecule has 0 bridgehead atoms. The summed E-state index contributed by atoms with van der Waals surface area (Å²) in [7, 11) is 0. The molecule has 14 heavy (non-hydrogen) atoms. The number of hydrogen-bond donors (Lipinski definition) is 0. The maximum absolute atomic E-state index is 13.1. The second-order valence-electron chi connectivity index (χ2n) is 2.75. The Labute approximate surface area is 123 Å². The van der Waals surface area contributed by atoms with Gasteiger partial charge in [0.15, 0.2) is 0 Å². The minimum atomic E-state index is -5.23. The van der Waals surface area contributed by atoms with Crippen LogP contribution in [0.5, 0.6) is 0 Å². The number of aryl methyl sites for hydroxylation is 1. The van der Waals surface area contributed by atoms with Gasteiger partial charge in [-0.1, -0.05) is 30.6 Å². The van der Waals surface area contributed by atoms with Gasteiger partial charge >= 0.3 is 58.4 Å². The maximum Gasteiger partial charge on any atom is 1.00 e. The van der Waals surface area contributed by atoms with E-state index < -0.39 is 18.3 Å². The zero-order valence-corrected chi connectivity index (χ0v) is 11.2. The van der Waals surface area contributed by atoms with Crippen molar-refractivity contribution in [2.24, 2.45) is 0 Å². The molecule has 0 spiro atoms. The first-order chi connectivity index (χ1) is 5.96. The van der Waals surface area contributed by atoms with Crippen molar-refractivity contribution < 1.29 is 68.7 Å². The fraction of sp³-hybridized carbons (Fsp3) is 0.250. The van der Waals surface area contributed by atoms with Crippen molar-refractivity contribution in [1.82, 2.24) is 0 Å². The topological polar surface area (TPSA) is 0 Å². The van der Waals surface area contributed by atoms with Crippen molar-refractivity contribution in [3.05, 3.63) is 29.6 Å². The second-order valence-corrected chi connectivity index (χ2v) is 2.75. The number of rotatable bonds is 2. The number of halogens is 4. The van der Waals surface area contributed by atoms with E-state index in [1.807, 2.05) is 0 Å². The summed E-state index contributed by atoms with van der Waals surface area (Å²) in [4.78, 5) is 0. The molecule has 0 saturated heterocycles. The Kier molecular flexibility index (Phi) is 5.91. The van der Waals surface area contributed by atoms with Crippen LogP contribution in [0, 0.1) is 5.82 Å². The minimum Gasteiger partial charge on any atom is -0.445 e. The molecule has 0 amide bonds. The fourth-order valence-electron chi connectivity index (χ4n) is 1.13. The molecule has 72 valence electrons. The van der Waals surface area contributed by atoms with Crippen LogP contribution in [0.2, 0.25) is 0 Å². The van der Waals surface area contributed by atoms with Gasteiger partial charge in [-0.2, -0.15) is 0 Å². The Morgan fingerprint density at radius 1 is 1.21 bits per heavy atom. The summed E-state index contributed by atoms with van der Waals surface area (Å²) < 4.78 is 49.6. The van der Waals surface area contributed by atoms with Crippen LogP contribution in [0.3, 0.4) is 0 Å². The number of benzene rings is 1. The Balaban J connectivity index is 0.00000169. The Hall–Kier alpha value is 0.641. The monoisotopic (exact) mass is 230 g/mol. The van der Waals surface area contributed by atoms with Crippen molar-refractivity contribution in [2.75, 3.05) is 0 Å². The van der Waals surface area contributed by atoms with E-state index in [2.05, 4.69) is 0 Å². The molecule has 1 aromatic carbocycles. The predicted molar refractivity (Wildman–Crippen MR) is 44.5 cm³/mol. The van der Waals surface area contributed by atoms with E-state index in [0.29, 0.717) is 0 Å². The van der Waals surface area contributed by atoms with Crippen molar-refractivity contribution in [3.63, 3.8) is 0 Å². The smallest absolute Gasteiger partial charge is 0.445 e. The van der Waals surface area contributed by atoms with Crippen LogP contribution in [0.4, 0.5) is 17.3 Å². The predicted octanol–water partition coefficient (Wildman–Crippen LogP) is -0.554. The molecule has 0 heterocycles. The summed E-state index contributed by atoms with van der Waals surface area (Å²) in [5, 5.41) is 0. The van der Waals surface area contributed by atoms with E-state index in [1.54, 1.807) is 6.92 Å². The van der Waals surface area contributed by atoms with Gasteiger partial charge in [0.05, 0.1) is 5.82 Å². The van der Waals surface area contributed by atoms with Crippen LogP contribution in [-0.4, -0.2) is 6.98 Å². The van der Waals surface area contributed by atoms with Gasteiger partial charge in [0, 0.05) is 0 Å². The molecule has 1 aromatic rings. The molecule has 1 rings (SSSR count). The summed E-state index contributed by atoms with van der Waals surface area (Å²) in [5.41, 5.74) is -1.02. The minimum absolute atomic E-state index is 0. The number of hydrogen-bond acceptors (Lipinski definition) is 0. The average Bonchev–Trinajstić information content (AvgIpc) is 2.02. The van der Waals surface area contributed by atoms with Crippen molar-refractivity contribution in [1.29, 1.82) is 0 Å². The van der Waals surface area contributed by atoms with Gasteiger partial charge in [0.2, 0.25) is 0 Å². The Morgan fingerprint density at radius 3 is 2.21 bits per heavy atom. The molecule has 0 atom stereocenters. The van der Waals surface area contributed by atoms with Gasteiger partial charge in [-0.25, -0.2) is 4.39 Å². The SMILES string of the molecule is CCc1cccc([B-](F)(F)F)c1F.[K+]. The first kappa shape index (κ1) is 14.6. The molecule has 0 aliphatic rings.